The van der Waals surface area contributed by atoms with Gasteiger partial charge in [0.2, 0.25) is 0 Å². The van der Waals surface area contributed by atoms with Crippen molar-refractivity contribution < 1.29 is 13.2 Å². The molecule has 0 aliphatic carbocycles. The summed E-state index contributed by atoms with van der Waals surface area (Å²) in [5, 5.41) is 3.29. The highest BCUT2D eigenvalue weighted by Crippen LogP contribution is 2.21. The number of pyridine rings is 1. The van der Waals surface area contributed by atoms with Crippen molar-refractivity contribution in [1.82, 2.24) is 4.98 Å². The molecule has 0 atom stereocenters. The summed E-state index contributed by atoms with van der Waals surface area (Å²) in [6.07, 6.45) is 3.53. The second-order valence-corrected chi connectivity index (χ2v) is 8.21. The van der Waals surface area contributed by atoms with Gasteiger partial charge in [0.15, 0.2) is 0 Å². The maximum atomic E-state index is 12.6. The Morgan fingerprint density at radius 1 is 0.893 bits per heavy atom. The van der Waals surface area contributed by atoms with Gasteiger partial charge >= 0.3 is 0 Å². The van der Waals surface area contributed by atoms with Crippen molar-refractivity contribution in [3.8, 4) is 5.75 Å². The summed E-state index contributed by atoms with van der Waals surface area (Å²) in [4.78, 5) is 4.17. The van der Waals surface area contributed by atoms with Gasteiger partial charge in [-0.1, -0.05) is 0 Å². The highest BCUT2D eigenvalue weighted by molar-refractivity contribution is 7.92. The van der Waals surface area contributed by atoms with Crippen LogP contribution in [-0.2, 0) is 16.6 Å². The van der Waals surface area contributed by atoms with Crippen molar-refractivity contribution in [2.45, 2.75) is 31.4 Å². The molecule has 28 heavy (non-hydrogen) atoms. The van der Waals surface area contributed by atoms with Crippen LogP contribution in [0.4, 0.5) is 11.4 Å². The molecule has 7 heteroatoms. The van der Waals surface area contributed by atoms with E-state index in [9.17, 15) is 8.42 Å². The molecular weight excluding hydrogens is 374 g/mol. The van der Waals surface area contributed by atoms with Crippen LogP contribution in [0, 0.1) is 0 Å². The molecule has 3 aromatic rings. The Bertz CT molecular complexity index is 987. The Morgan fingerprint density at radius 2 is 1.50 bits per heavy atom. The lowest BCUT2D eigenvalue weighted by Crippen LogP contribution is -2.13. The average molecular weight is 398 g/mol. The SMILES string of the molecule is CC(C)Oc1ccc(S(=O)(=O)Nc2ccc(NCc3ccncc3)cc2)cc1. The molecule has 146 valence electrons. The van der Waals surface area contributed by atoms with Gasteiger partial charge in [0.1, 0.15) is 5.75 Å². The minimum atomic E-state index is -3.66. The Balaban J connectivity index is 1.62. The molecule has 1 heterocycles. The van der Waals surface area contributed by atoms with Gasteiger partial charge < -0.3 is 10.1 Å². The van der Waals surface area contributed by atoms with Gasteiger partial charge in [0, 0.05) is 30.3 Å². The molecule has 0 spiro atoms. The summed E-state index contributed by atoms with van der Waals surface area (Å²) < 4.78 is 33.2. The normalized spacial score (nSPS) is 11.2. The Labute approximate surface area is 165 Å². The molecule has 2 aromatic carbocycles. The first kappa shape index (κ1) is 19.7. The van der Waals surface area contributed by atoms with Crippen LogP contribution >= 0.6 is 0 Å². The first-order valence-electron chi connectivity index (χ1n) is 8.95. The van der Waals surface area contributed by atoms with Crippen LogP contribution in [0.2, 0.25) is 0 Å². The van der Waals surface area contributed by atoms with Crippen molar-refractivity contribution in [3.05, 3.63) is 78.6 Å². The van der Waals surface area contributed by atoms with Crippen molar-refractivity contribution >= 4 is 21.4 Å². The van der Waals surface area contributed by atoms with Gasteiger partial charge in [-0.15, -0.1) is 0 Å². The second-order valence-electron chi connectivity index (χ2n) is 6.53. The fraction of sp³-hybridized carbons (Fsp3) is 0.190. The lowest BCUT2D eigenvalue weighted by Gasteiger charge is -2.12. The molecule has 0 fully saturated rings. The zero-order valence-corrected chi connectivity index (χ0v) is 16.6. The third kappa shape index (κ3) is 5.47. The van der Waals surface area contributed by atoms with Gasteiger partial charge in [-0.2, -0.15) is 0 Å². The average Bonchev–Trinajstić information content (AvgIpc) is 2.68. The van der Waals surface area contributed by atoms with Crippen LogP contribution in [-0.4, -0.2) is 19.5 Å². The predicted molar refractivity (Wildman–Crippen MR) is 111 cm³/mol. The van der Waals surface area contributed by atoms with Gasteiger partial charge in [0.05, 0.1) is 11.0 Å². The second kappa shape index (κ2) is 8.75. The summed E-state index contributed by atoms with van der Waals surface area (Å²) in [6, 6.07) is 17.4. The van der Waals surface area contributed by atoms with E-state index < -0.39 is 10.0 Å². The highest BCUT2D eigenvalue weighted by atomic mass is 32.2. The summed E-state index contributed by atoms with van der Waals surface area (Å²) >= 11 is 0. The molecule has 0 aliphatic heterocycles. The molecule has 0 amide bonds. The van der Waals surface area contributed by atoms with Crippen LogP contribution in [0.3, 0.4) is 0 Å². The molecule has 0 bridgehead atoms. The van der Waals surface area contributed by atoms with Crippen molar-refractivity contribution in [3.63, 3.8) is 0 Å². The molecule has 0 unspecified atom stereocenters. The Kier molecular flexibility index (Phi) is 6.16. The molecule has 6 nitrogen and oxygen atoms in total. The first-order chi connectivity index (χ1) is 13.4. The molecule has 0 radical (unpaired) electrons. The number of hydrogen-bond acceptors (Lipinski definition) is 5. The molecule has 2 N–H and O–H groups in total. The Morgan fingerprint density at radius 3 is 2.11 bits per heavy atom. The minimum absolute atomic E-state index is 0.0336. The number of aromatic nitrogens is 1. The monoisotopic (exact) mass is 397 g/mol. The van der Waals surface area contributed by atoms with E-state index >= 15 is 0 Å². The maximum absolute atomic E-state index is 12.6. The molecule has 3 rings (SSSR count). The minimum Gasteiger partial charge on any atom is -0.491 e. The largest absolute Gasteiger partial charge is 0.491 e. The molecule has 0 saturated heterocycles. The lowest BCUT2D eigenvalue weighted by molar-refractivity contribution is 0.242. The van der Waals surface area contributed by atoms with E-state index in [1.807, 2.05) is 38.1 Å². The van der Waals surface area contributed by atoms with Gasteiger partial charge in [0.25, 0.3) is 10.0 Å². The van der Waals surface area contributed by atoms with E-state index in [0.717, 1.165) is 11.3 Å². The highest BCUT2D eigenvalue weighted by Gasteiger charge is 2.14. The van der Waals surface area contributed by atoms with Crippen LogP contribution in [0.25, 0.3) is 0 Å². The number of rotatable bonds is 8. The molecule has 0 saturated carbocycles. The smallest absolute Gasteiger partial charge is 0.261 e. The Hall–Kier alpha value is -3.06. The molecule has 0 aliphatic rings. The van der Waals surface area contributed by atoms with E-state index in [4.69, 9.17) is 4.74 Å². The van der Waals surface area contributed by atoms with Gasteiger partial charge in [-0.05, 0) is 80.1 Å². The van der Waals surface area contributed by atoms with E-state index in [1.165, 1.54) is 12.1 Å². The molecule has 1 aromatic heterocycles. The fourth-order valence-electron chi connectivity index (χ4n) is 2.54. The van der Waals surface area contributed by atoms with Gasteiger partial charge in [-0.3, -0.25) is 9.71 Å². The van der Waals surface area contributed by atoms with E-state index in [-0.39, 0.29) is 11.0 Å². The first-order valence-corrected chi connectivity index (χ1v) is 10.4. The van der Waals surface area contributed by atoms with Crippen LogP contribution in [0.15, 0.2) is 78.0 Å². The predicted octanol–water partition coefficient (Wildman–Crippen LogP) is 4.28. The third-order valence-corrected chi connectivity index (χ3v) is 5.29. The number of benzene rings is 2. The van der Waals surface area contributed by atoms with Crippen molar-refractivity contribution in [2.75, 3.05) is 10.0 Å². The summed E-state index contributed by atoms with van der Waals surface area (Å²) in [5.74, 6) is 0.638. The van der Waals surface area contributed by atoms with Crippen LogP contribution in [0.1, 0.15) is 19.4 Å². The maximum Gasteiger partial charge on any atom is 0.261 e. The van der Waals surface area contributed by atoms with Crippen LogP contribution < -0.4 is 14.8 Å². The van der Waals surface area contributed by atoms with E-state index in [0.29, 0.717) is 18.0 Å². The van der Waals surface area contributed by atoms with Crippen molar-refractivity contribution in [2.24, 2.45) is 0 Å². The molecular formula is C21H23N3O3S. The van der Waals surface area contributed by atoms with Gasteiger partial charge in [-0.25, -0.2) is 8.42 Å². The number of ether oxygens (including phenoxy) is 1. The fourth-order valence-corrected chi connectivity index (χ4v) is 3.60. The van der Waals surface area contributed by atoms with E-state index in [1.54, 1.807) is 36.7 Å². The zero-order valence-electron chi connectivity index (χ0n) is 15.8. The third-order valence-electron chi connectivity index (χ3n) is 3.89. The van der Waals surface area contributed by atoms with Crippen LogP contribution in [0.5, 0.6) is 5.75 Å². The quantitative estimate of drug-likeness (QED) is 0.593. The lowest BCUT2D eigenvalue weighted by atomic mass is 10.2. The standard InChI is InChI=1S/C21H23N3O3S/c1-16(2)27-20-7-9-21(10-8-20)28(25,26)24-19-5-3-18(4-6-19)23-15-17-11-13-22-14-12-17/h3-14,16,23-24H,15H2,1-2H3. The number of nitrogens with zero attached hydrogens (tertiary/aromatic N) is 1. The summed E-state index contributed by atoms with van der Waals surface area (Å²) in [6.45, 7) is 4.50. The number of anilines is 2. The summed E-state index contributed by atoms with van der Waals surface area (Å²) in [5.41, 5.74) is 2.51. The van der Waals surface area contributed by atoms with E-state index in [2.05, 4.69) is 15.0 Å². The number of hydrogen-bond donors (Lipinski definition) is 2. The zero-order chi connectivity index (χ0) is 20.0. The summed E-state index contributed by atoms with van der Waals surface area (Å²) in [7, 11) is -3.66. The number of sulfonamides is 1. The topological polar surface area (TPSA) is 80.3 Å². The van der Waals surface area contributed by atoms with Crippen molar-refractivity contribution in [1.29, 1.82) is 0 Å². The number of nitrogens with one attached hydrogen (secondary N) is 2.